The number of hydrogen-bond donors (Lipinski definition) is 0. The van der Waals surface area contributed by atoms with Gasteiger partial charge in [-0.25, -0.2) is 15.0 Å². The lowest BCUT2D eigenvalue weighted by Crippen LogP contribution is -2.00. The van der Waals surface area contributed by atoms with Crippen molar-refractivity contribution in [1.29, 1.82) is 0 Å². The fourth-order valence-corrected chi connectivity index (χ4v) is 8.99. The minimum Gasteiger partial charge on any atom is -0.309 e. The molecule has 3 aromatic heterocycles. The van der Waals surface area contributed by atoms with Crippen molar-refractivity contribution in [3.8, 4) is 39.9 Å². The lowest BCUT2D eigenvalue weighted by Gasteiger charge is -2.10. The average molecular weight is 681 g/mol. The van der Waals surface area contributed by atoms with E-state index in [1.54, 1.807) is 0 Å². The monoisotopic (exact) mass is 680 g/mol. The van der Waals surface area contributed by atoms with E-state index in [1.165, 1.54) is 58.1 Å². The molecular weight excluding hydrogens is 653 g/mol. The molecule has 11 aromatic rings. The van der Waals surface area contributed by atoms with Crippen molar-refractivity contribution < 1.29 is 0 Å². The molecule has 0 aliphatic carbocycles. The van der Waals surface area contributed by atoms with E-state index >= 15 is 0 Å². The number of fused-ring (bicyclic) bond motifs is 9. The van der Waals surface area contributed by atoms with Gasteiger partial charge in [-0.15, -0.1) is 11.3 Å². The van der Waals surface area contributed by atoms with Crippen molar-refractivity contribution in [3.05, 3.63) is 170 Å². The van der Waals surface area contributed by atoms with E-state index in [0.29, 0.717) is 17.5 Å². The molecule has 11 rings (SSSR count). The Labute approximate surface area is 302 Å². The Morgan fingerprint density at radius 2 is 1.04 bits per heavy atom. The highest BCUT2D eigenvalue weighted by Gasteiger charge is 2.19. The largest absolute Gasteiger partial charge is 0.309 e. The van der Waals surface area contributed by atoms with Crippen LogP contribution in [0.25, 0.3) is 103 Å². The van der Waals surface area contributed by atoms with E-state index in [1.807, 2.05) is 47.7 Å². The number of rotatable bonds is 4. The first-order valence-corrected chi connectivity index (χ1v) is 18.3. The molecule has 0 aliphatic rings. The van der Waals surface area contributed by atoms with Crippen LogP contribution in [-0.2, 0) is 0 Å². The van der Waals surface area contributed by atoms with Crippen molar-refractivity contribution in [3.63, 3.8) is 0 Å². The van der Waals surface area contributed by atoms with Crippen LogP contribution in [-0.4, -0.2) is 19.5 Å². The average Bonchev–Trinajstić information content (AvgIpc) is 3.75. The van der Waals surface area contributed by atoms with Crippen molar-refractivity contribution in [2.75, 3.05) is 0 Å². The van der Waals surface area contributed by atoms with E-state index < -0.39 is 0 Å². The second-order valence-corrected chi connectivity index (χ2v) is 14.3. The van der Waals surface area contributed by atoms with E-state index in [4.69, 9.17) is 15.0 Å². The molecule has 4 nitrogen and oxygen atoms in total. The van der Waals surface area contributed by atoms with Gasteiger partial charge in [-0.2, -0.15) is 0 Å². The van der Waals surface area contributed by atoms with Crippen LogP contribution in [0.5, 0.6) is 0 Å². The zero-order valence-corrected chi connectivity index (χ0v) is 28.7. The van der Waals surface area contributed by atoms with Gasteiger partial charge in [-0.3, -0.25) is 0 Å². The topological polar surface area (TPSA) is 43.6 Å². The first kappa shape index (κ1) is 29.1. The van der Waals surface area contributed by atoms with Crippen LogP contribution >= 0.6 is 11.3 Å². The van der Waals surface area contributed by atoms with Crippen LogP contribution in [0.4, 0.5) is 0 Å². The molecule has 0 atom stereocenters. The van der Waals surface area contributed by atoms with Crippen LogP contribution < -0.4 is 0 Å². The summed E-state index contributed by atoms with van der Waals surface area (Å²) in [5.74, 6) is 1.99. The maximum absolute atomic E-state index is 5.09. The quantitative estimate of drug-likeness (QED) is 0.186. The van der Waals surface area contributed by atoms with Gasteiger partial charge in [0.15, 0.2) is 17.5 Å². The lowest BCUT2D eigenvalue weighted by molar-refractivity contribution is 1.08. The zero-order chi connectivity index (χ0) is 34.2. The summed E-state index contributed by atoms with van der Waals surface area (Å²) in [5, 5.41) is 9.92. The van der Waals surface area contributed by atoms with Crippen molar-refractivity contribution in [1.82, 2.24) is 19.5 Å². The smallest absolute Gasteiger partial charge is 0.164 e. The van der Waals surface area contributed by atoms with E-state index in [9.17, 15) is 0 Å². The molecule has 0 bridgehead atoms. The van der Waals surface area contributed by atoms with Gasteiger partial charge in [0.1, 0.15) is 0 Å². The lowest BCUT2D eigenvalue weighted by atomic mass is 10.0. The second kappa shape index (κ2) is 11.4. The van der Waals surface area contributed by atoms with Crippen LogP contribution in [0.1, 0.15) is 0 Å². The molecule has 242 valence electrons. The third-order valence-corrected chi connectivity index (χ3v) is 11.3. The zero-order valence-electron chi connectivity index (χ0n) is 27.9. The number of benzene rings is 8. The number of nitrogens with zero attached hydrogens (tertiary/aromatic N) is 4. The molecule has 52 heavy (non-hydrogen) atoms. The molecule has 0 N–H and O–H groups in total. The molecule has 5 heteroatoms. The van der Waals surface area contributed by atoms with E-state index in [0.717, 1.165) is 27.8 Å². The van der Waals surface area contributed by atoms with Gasteiger partial charge in [-0.1, -0.05) is 133 Å². The van der Waals surface area contributed by atoms with Crippen LogP contribution in [0.15, 0.2) is 170 Å². The minimum atomic E-state index is 0.662. The van der Waals surface area contributed by atoms with Gasteiger partial charge in [0.25, 0.3) is 0 Å². The molecule has 3 heterocycles. The summed E-state index contributed by atoms with van der Waals surface area (Å²) in [6, 6.07) is 60.3. The third kappa shape index (κ3) is 4.50. The maximum Gasteiger partial charge on any atom is 0.164 e. The fourth-order valence-electron chi connectivity index (χ4n) is 7.82. The van der Waals surface area contributed by atoms with Gasteiger partial charge in [-0.05, 0) is 57.9 Å². The Kier molecular flexibility index (Phi) is 6.39. The Hall–Kier alpha value is -6.69. The predicted molar refractivity (Wildman–Crippen MR) is 218 cm³/mol. The van der Waals surface area contributed by atoms with Crippen LogP contribution in [0.2, 0.25) is 0 Å². The van der Waals surface area contributed by atoms with Crippen LogP contribution in [0, 0.1) is 0 Å². The third-order valence-electron chi connectivity index (χ3n) is 10.2. The number of aromatic nitrogens is 4. The highest BCUT2D eigenvalue weighted by atomic mass is 32.1. The Morgan fingerprint density at radius 1 is 0.385 bits per heavy atom. The fraction of sp³-hybridized carbons (Fsp3) is 0. The summed E-state index contributed by atoms with van der Waals surface area (Å²) < 4.78 is 4.86. The van der Waals surface area contributed by atoms with Crippen LogP contribution in [0.3, 0.4) is 0 Å². The van der Waals surface area contributed by atoms with Crippen molar-refractivity contribution in [2.45, 2.75) is 0 Å². The summed E-state index contributed by atoms with van der Waals surface area (Å²) >= 11 is 1.81. The van der Waals surface area contributed by atoms with Crippen molar-refractivity contribution >= 4 is 74.9 Å². The SMILES string of the molecule is c1ccc(-c2nc(-c3ccccc3)nc(-c3cccc4sc5cc(-n6c7cc8ccccc8cc7c7c8ccccc8ccc76)ccc5c34)n2)cc1. The molecule has 0 radical (unpaired) electrons. The van der Waals surface area contributed by atoms with E-state index in [-0.39, 0.29) is 0 Å². The Balaban J connectivity index is 1.15. The summed E-state index contributed by atoms with van der Waals surface area (Å²) in [6.45, 7) is 0. The van der Waals surface area contributed by atoms with E-state index in [2.05, 4.69) is 138 Å². The van der Waals surface area contributed by atoms with Gasteiger partial charge in [0.2, 0.25) is 0 Å². The summed E-state index contributed by atoms with van der Waals surface area (Å²) in [4.78, 5) is 15.1. The highest BCUT2D eigenvalue weighted by Crippen LogP contribution is 2.43. The summed E-state index contributed by atoms with van der Waals surface area (Å²) in [6.07, 6.45) is 0. The molecule has 0 unspecified atom stereocenters. The van der Waals surface area contributed by atoms with Gasteiger partial charge in [0.05, 0.1) is 11.0 Å². The van der Waals surface area contributed by atoms with Gasteiger partial charge >= 0.3 is 0 Å². The molecule has 0 fully saturated rings. The number of hydrogen-bond acceptors (Lipinski definition) is 4. The maximum atomic E-state index is 5.09. The number of thiophene rings is 1. The van der Waals surface area contributed by atoms with Gasteiger partial charge < -0.3 is 4.57 Å². The normalized spacial score (nSPS) is 11.8. The molecular formula is C47H28N4S. The molecule has 8 aromatic carbocycles. The first-order valence-electron chi connectivity index (χ1n) is 17.4. The summed E-state index contributed by atoms with van der Waals surface area (Å²) in [7, 11) is 0. The van der Waals surface area contributed by atoms with Gasteiger partial charge in [0, 0.05) is 53.3 Å². The molecule has 0 saturated carbocycles. The standard InChI is InChI=1S/C47H28N4S/c1-3-13-30(14-4-1)45-48-46(31-15-5-2-6-16-31)50-47(49-45)37-20-11-21-41-44(37)36-24-23-34(28-42(36)52-41)51-39-25-22-29-12-9-10-19-35(29)43(39)38-26-32-17-7-8-18-33(32)27-40(38)51/h1-28H. The predicted octanol–water partition coefficient (Wildman–Crippen LogP) is 12.6. The first-order chi connectivity index (χ1) is 25.8. The molecule has 0 saturated heterocycles. The molecule has 0 spiro atoms. The Morgan fingerprint density at radius 3 is 1.79 bits per heavy atom. The van der Waals surface area contributed by atoms with Crippen molar-refractivity contribution in [2.24, 2.45) is 0 Å². The summed E-state index contributed by atoms with van der Waals surface area (Å²) in [5.41, 5.74) is 6.48. The second-order valence-electron chi connectivity index (χ2n) is 13.2. The minimum absolute atomic E-state index is 0.662. The molecule has 0 amide bonds. The Bertz CT molecular complexity index is 3120. The highest BCUT2D eigenvalue weighted by molar-refractivity contribution is 7.26. The molecule has 0 aliphatic heterocycles.